The molecule has 1 heterocycles. The van der Waals surface area contributed by atoms with E-state index in [-0.39, 0.29) is 13.0 Å². The predicted molar refractivity (Wildman–Crippen MR) is 64.2 cm³/mol. The lowest BCUT2D eigenvalue weighted by Gasteiger charge is -2.32. The Balaban J connectivity index is 2.72. The van der Waals surface area contributed by atoms with E-state index in [2.05, 4.69) is 10.6 Å². The number of amides is 4. The highest BCUT2D eigenvalue weighted by Gasteiger charge is 2.34. The SMILES string of the molecule is CCC[C@@H](NC(=O)N1CC(=O)NC(=O)C1C)C(=O)O. The molecule has 0 bridgehead atoms. The van der Waals surface area contributed by atoms with Crippen molar-refractivity contribution < 1.29 is 24.3 Å². The number of carboxylic acids is 1. The van der Waals surface area contributed by atoms with Gasteiger partial charge in [0.05, 0.1) is 0 Å². The number of hydrogen-bond acceptors (Lipinski definition) is 4. The number of hydrogen-bond donors (Lipinski definition) is 3. The molecule has 1 aliphatic heterocycles. The van der Waals surface area contributed by atoms with Crippen LogP contribution in [-0.2, 0) is 14.4 Å². The molecule has 0 aliphatic carbocycles. The van der Waals surface area contributed by atoms with Gasteiger partial charge in [-0.25, -0.2) is 9.59 Å². The first-order valence-corrected chi connectivity index (χ1v) is 6.00. The van der Waals surface area contributed by atoms with Crippen LogP contribution in [-0.4, -0.2) is 52.4 Å². The molecule has 1 rings (SSSR count). The minimum atomic E-state index is -1.14. The van der Waals surface area contributed by atoms with Gasteiger partial charge in [-0.1, -0.05) is 13.3 Å². The monoisotopic (exact) mass is 271 g/mol. The van der Waals surface area contributed by atoms with Crippen LogP contribution in [0.1, 0.15) is 26.7 Å². The molecule has 1 fully saturated rings. The lowest BCUT2D eigenvalue weighted by Crippen LogP contribution is -2.61. The zero-order valence-corrected chi connectivity index (χ0v) is 10.8. The van der Waals surface area contributed by atoms with Crippen LogP contribution >= 0.6 is 0 Å². The van der Waals surface area contributed by atoms with Gasteiger partial charge in [-0.3, -0.25) is 14.9 Å². The Labute approximate surface area is 110 Å². The van der Waals surface area contributed by atoms with Crippen molar-refractivity contribution in [3.8, 4) is 0 Å². The Morgan fingerprint density at radius 1 is 1.53 bits per heavy atom. The van der Waals surface area contributed by atoms with Gasteiger partial charge in [-0.2, -0.15) is 0 Å². The van der Waals surface area contributed by atoms with Gasteiger partial charge in [-0.15, -0.1) is 0 Å². The number of aliphatic carboxylic acids is 1. The van der Waals surface area contributed by atoms with Gasteiger partial charge in [-0.05, 0) is 13.3 Å². The summed E-state index contributed by atoms with van der Waals surface area (Å²) in [7, 11) is 0. The fraction of sp³-hybridized carbons (Fsp3) is 0.636. The van der Waals surface area contributed by atoms with Crippen LogP contribution in [0.4, 0.5) is 4.79 Å². The Bertz CT molecular complexity index is 409. The maximum Gasteiger partial charge on any atom is 0.326 e. The van der Waals surface area contributed by atoms with E-state index in [1.165, 1.54) is 6.92 Å². The van der Waals surface area contributed by atoms with Crippen LogP contribution in [0.25, 0.3) is 0 Å². The summed E-state index contributed by atoms with van der Waals surface area (Å²) in [6.45, 7) is 3.00. The van der Waals surface area contributed by atoms with E-state index in [0.29, 0.717) is 6.42 Å². The molecule has 2 atom stereocenters. The van der Waals surface area contributed by atoms with E-state index in [4.69, 9.17) is 5.11 Å². The average Bonchev–Trinajstić information content (AvgIpc) is 2.32. The van der Waals surface area contributed by atoms with E-state index < -0.39 is 35.9 Å². The number of nitrogens with one attached hydrogen (secondary N) is 2. The third-order valence-electron chi connectivity index (χ3n) is 2.86. The molecule has 1 unspecified atom stereocenters. The molecule has 19 heavy (non-hydrogen) atoms. The summed E-state index contributed by atoms with van der Waals surface area (Å²) < 4.78 is 0. The number of urea groups is 1. The number of imide groups is 1. The molecule has 106 valence electrons. The standard InChI is InChI=1S/C11H17N3O5/c1-3-4-7(10(17)18)12-11(19)14-5-8(15)13-9(16)6(14)2/h6-7H,3-5H2,1-2H3,(H,12,19)(H,17,18)(H,13,15,16)/t6?,7-/m1/s1. The first-order valence-electron chi connectivity index (χ1n) is 6.00. The van der Waals surface area contributed by atoms with E-state index in [1.807, 2.05) is 0 Å². The molecule has 3 N–H and O–H groups in total. The highest BCUT2D eigenvalue weighted by atomic mass is 16.4. The van der Waals surface area contributed by atoms with Gasteiger partial charge >= 0.3 is 12.0 Å². The average molecular weight is 271 g/mol. The van der Waals surface area contributed by atoms with Gasteiger partial charge in [0, 0.05) is 0 Å². The maximum absolute atomic E-state index is 11.9. The summed E-state index contributed by atoms with van der Waals surface area (Å²) in [5.74, 6) is -2.30. The van der Waals surface area contributed by atoms with Crippen molar-refractivity contribution in [2.45, 2.75) is 38.8 Å². The smallest absolute Gasteiger partial charge is 0.326 e. The third-order valence-corrected chi connectivity index (χ3v) is 2.86. The fourth-order valence-electron chi connectivity index (χ4n) is 1.74. The molecule has 0 radical (unpaired) electrons. The van der Waals surface area contributed by atoms with E-state index in [9.17, 15) is 19.2 Å². The Hall–Kier alpha value is -2.12. The van der Waals surface area contributed by atoms with Crippen molar-refractivity contribution in [3.63, 3.8) is 0 Å². The largest absolute Gasteiger partial charge is 0.480 e. The Morgan fingerprint density at radius 2 is 2.16 bits per heavy atom. The number of nitrogens with zero attached hydrogens (tertiary/aromatic N) is 1. The molecular formula is C11H17N3O5. The van der Waals surface area contributed by atoms with Gasteiger partial charge in [0.15, 0.2) is 0 Å². The second-order valence-corrected chi connectivity index (χ2v) is 4.35. The molecule has 8 nitrogen and oxygen atoms in total. The molecule has 8 heteroatoms. The first-order chi connectivity index (χ1) is 8.86. The molecule has 0 aromatic carbocycles. The van der Waals surface area contributed by atoms with Crippen LogP contribution in [0.15, 0.2) is 0 Å². The van der Waals surface area contributed by atoms with Crippen molar-refractivity contribution in [1.82, 2.24) is 15.5 Å². The summed E-state index contributed by atoms with van der Waals surface area (Å²) in [6.07, 6.45) is 0.871. The summed E-state index contributed by atoms with van der Waals surface area (Å²) >= 11 is 0. The van der Waals surface area contributed by atoms with Crippen molar-refractivity contribution in [2.24, 2.45) is 0 Å². The number of carbonyl (C=O) groups is 4. The highest BCUT2D eigenvalue weighted by Crippen LogP contribution is 2.06. The molecule has 0 saturated carbocycles. The van der Waals surface area contributed by atoms with Gasteiger partial charge in [0.1, 0.15) is 18.6 Å². The van der Waals surface area contributed by atoms with Gasteiger partial charge in [0.2, 0.25) is 11.8 Å². The normalized spacial score (nSPS) is 20.7. The van der Waals surface area contributed by atoms with Crippen LogP contribution in [0.2, 0.25) is 0 Å². The number of piperazine rings is 1. The minimum Gasteiger partial charge on any atom is -0.480 e. The van der Waals surface area contributed by atoms with Crippen LogP contribution < -0.4 is 10.6 Å². The van der Waals surface area contributed by atoms with Crippen LogP contribution in [0.5, 0.6) is 0 Å². The predicted octanol–water partition coefficient (Wildman–Crippen LogP) is -0.704. The number of rotatable bonds is 4. The Morgan fingerprint density at radius 3 is 2.68 bits per heavy atom. The summed E-state index contributed by atoms with van der Waals surface area (Å²) in [4.78, 5) is 46.5. The summed E-state index contributed by atoms with van der Waals surface area (Å²) in [5, 5.41) is 13.4. The Kier molecular flexibility index (Phi) is 4.85. The van der Waals surface area contributed by atoms with E-state index >= 15 is 0 Å². The fourth-order valence-corrected chi connectivity index (χ4v) is 1.74. The van der Waals surface area contributed by atoms with Crippen molar-refractivity contribution in [2.75, 3.05) is 6.54 Å². The molecule has 0 spiro atoms. The number of carbonyl (C=O) groups excluding carboxylic acids is 3. The zero-order chi connectivity index (χ0) is 14.6. The van der Waals surface area contributed by atoms with Gasteiger partial charge in [0.25, 0.3) is 0 Å². The molecule has 0 aromatic rings. The topological polar surface area (TPSA) is 116 Å². The summed E-state index contributed by atoms with van der Waals surface area (Å²) in [6, 6.07) is -2.56. The maximum atomic E-state index is 11.9. The number of carboxylic acid groups (broad SMARTS) is 1. The van der Waals surface area contributed by atoms with Gasteiger partial charge < -0.3 is 15.3 Å². The van der Waals surface area contributed by atoms with Crippen LogP contribution in [0, 0.1) is 0 Å². The van der Waals surface area contributed by atoms with E-state index in [1.54, 1.807) is 6.92 Å². The molecule has 1 saturated heterocycles. The molecular weight excluding hydrogens is 254 g/mol. The van der Waals surface area contributed by atoms with Crippen molar-refractivity contribution in [1.29, 1.82) is 0 Å². The molecule has 0 aromatic heterocycles. The molecule has 1 aliphatic rings. The molecule has 4 amide bonds. The zero-order valence-electron chi connectivity index (χ0n) is 10.8. The van der Waals surface area contributed by atoms with Crippen molar-refractivity contribution >= 4 is 23.8 Å². The third kappa shape index (κ3) is 3.67. The second kappa shape index (κ2) is 6.17. The van der Waals surface area contributed by atoms with E-state index in [0.717, 1.165) is 4.90 Å². The first kappa shape index (κ1) is 14.9. The lowest BCUT2D eigenvalue weighted by molar-refractivity contribution is -0.139. The quantitative estimate of drug-likeness (QED) is 0.584. The second-order valence-electron chi connectivity index (χ2n) is 4.35. The summed E-state index contributed by atoms with van der Waals surface area (Å²) in [5.41, 5.74) is 0. The van der Waals surface area contributed by atoms with Crippen LogP contribution in [0.3, 0.4) is 0 Å². The van der Waals surface area contributed by atoms with Crippen molar-refractivity contribution in [3.05, 3.63) is 0 Å². The highest BCUT2D eigenvalue weighted by molar-refractivity contribution is 6.04. The lowest BCUT2D eigenvalue weighted by atomic mass is 10.1. The minimum absolute atomic E-state index is 0.267.